The number of hydrogen-bond acceptors (Lipinski definition) is 9. The van der Waals surface area contributed by atoms with Gasteiger partial charge in [0, 0.05) is 11.6 Å². The monoisotopic (exact) mass is 358 g/mol. The summed E-state index contributed by atoms with van der Waals surface area (Å²) < 4.78 is 15.8. The van der Waals surface area contributed by atoms with Crippen molar-refractivity contribution in [2.75, 3.05) is 13.7 Å². The topological polar surface area (TPSA) is 146 Å². The molecule has 0 aromatic heterocycles. The van der Waals surface area contributed by atoms with E-state index in [4.69, 9.17) is 14.2 Å². The maximum atomic E-state index is 11.7. The number of carbonyl (C=O) groups excluding carboxylic acids is 1. The molecule has 140 valence electrons. The Morgan fingerprint density at radius 3 is 2.36 bits per heavy atom. The maximum Gasteiger partial charge on any atom is 0.229 e. The first kappa shape index (κ1) is 19.4. The van der Waals surface area contributed by atoms with E-state index in [0.717, 1.165) is 0 Å². The minimum atomic E-state index is -1.60. The molecular formula is C16H22O9. The molecule has 1 fully saturated rings. The van der Waals surface area contributed by atoms with Gasteiger partial charge in [0.25, 0.3) is 0 Å². The number of rotatable bonds is 5. The lowest BCUT2D eigenvalue weighted by atomic mass is 9.99. The predicted octanol–water partition coefficient (Wildman–Crippen LogP) is -0.909. The van der Waals surface area contributed by atoms with Crippen LogP contribution >= 0.6 is 0 Å². The number of methoxy groups -OCH3 is 1. The normalized spacial score (nSPS) is 29.3. The van der Waals surface area contributed by atoms with E-state index in [1.54, 1.807) is 0 Å². The Morgan fingerprint density at radius 1 is 1.20 bits per heavy atom. The first-order valence-electron chi connectivity index (χ1n) is 7.61. The molecule has 1 aromatic carbocycles. The van der Waals surface area contributed by atoms with E-state index < -0.39 is 43.1 Å². The summed E-state index contributed by atoms with van der Waals surface area (Å²) in [4.78, 5) is 11.7. The summed E-state index contributed by atoms with van der Waals surface area (Å²) >= 11 is 0. The molecule has 0 bridgehead atoms. The molecule has 9 nitrogen and oxygen atoms in total. The van der Waals surface area contributed by atoms with Gasteiger partial charge in [0.05, 0.1) is 13.7 Å². The van der Waals surface area contributed by atoms with Gasteiger partial charge < -0.3 is 39.7 Å². The van der Waals surface area contributed by atoms with Crippen LogP contribution < -0.4 is 9.47 Å². The van der Waals surface area contributed by atoms with Crippen LogP contribution in [0.5, 0.6) is 17.2 Å². The molecule has 5 atom stereocenters. The highest BCUT2D eigenvalue weighted by atomic mass is 16.7. The molecule has 0 radical (unpaired) electrons. The molecule has 1 aromatic rings. The minimum absolute atomic E-state index is 0.0128. The van der Waals surface area contributed by atoms with Gasteiger partial charge in [-0.15, -0.1) is 0 Å². The van der Waals surface area contributed by atoms with Gasteiger partial charge in [-0.05, 0) is 13.8 Å². The number of aliphatic hydroxyl groups excluding tert-OH is 4. The van der Waals surface area contributed by atoms with E-state index in [-0.39, 0.29) is 28.4 Å². The Bertz CT molecular complexity index is 643. The molecule has 0 saturated carbocycles. The minimum Gasteiger partial charge on any atom is -0.507 e. The first-order valence-corrected chi connectivity index (χ1v) is 7.61. The Kier molecular flexibility index (Phi) is 5.86. The van der Waals surface area contributed by atoms with Crippen LogP contribution in [0.3, 0.4) is 0 Å². The fourth-order valence-electron chi connectivity index (χ4n) is 2.63. The molecule has 25 heavy (non-hydrogen) atoms. The largest absolute Gasteiger partial charge is 0.507 e. The van der Waals surface area contributed by atoms with Crippen molar-refractivity contribution in [2.24, 2.45) is 0 Å². The van der Waals surface area contributed by atoms with Crippen molar-refractivity contribution in [3.8, 4) is 17.2 Å². The summed E-state index contributed by atoms with van der Waals surface area (Å²) in [5.41, 5.74) is 0.184. The zero-order valence-corrected chi connectivity index (χ0v) is 14.0. The molecule has 9 heteroatoms. The fraction of sp³-hybridized carbons (Fsp3) is 0.562. The van der Waals surface area contributed by atoms with Gasteiger partial charge in [0.1, 0.15) is 47.2 Å². The van der Waals surface area contributed by atoms with Crippen LogP contribution in [0.1, 0.15) is 22.8 Å². The Labute approximate surface area is 144 Å². The molecule has 2 rings (SSSR count). The lowest BCUT2D eigenvalue weighted by Gasteiger charge is -2.39. The van der Waals surface area contributed by atoms with Crippen LogP contribution in [-0.4, -0.2) is 75.7 Å². The predicted molar refractivity (Wildman–Crippen MR) is 83.8 cm³/mol. The third kappa shape index (κ3) is 3.55. The van der Waals surface area contributed by atoms with Crippen molar-refractivity contribution in [1.29, 1.82) is 0 Å². The summed E-state index contributed by atoms with van der Waals surface area (Å²) in [5.74, 6) is -0.637. The second-order valence-electron chi connectivity index (χ2n) is 5.80. The average Bonchev–Trinajstić information content (AvgIpc) is 2.58. The van der Waals surface area contributed by atoms with E-state index in [9.17, 15) is 30.3 Å². The summed E-state index contributed by atoms with van der Waals surface area (Å²) in [6, 6.07) is 1.34. The Hall–Kier alpha value is -1.91. The lowest BCUT2D eigenvalue weighted by Crippen LogP contribution is -2.60. The number of aliphatic hydroxyl groups is 4. The van der Waals surface area contributed by atoms with Crippen molar-refractivity contribution < 1.29 is 44.5 Å². The van der Waals surface area contributed by atoms with Crippen LogP contribution in [0.4, 0.5) is 0 Å². The summed E-state index contributed by atoms with van der Waals surface area (Å²) in [7, 11) is 1.31. The van der Waals surface area contributed by atoms with Gasteiger partial charge in [-0.2, -0.15) is 0 Å². The smallest absolute Gasteiger partial charge is 0.229 e. The summed E-state index contributed by atoms with van der Waals surface area (Å²) in [6.07, 6.45) is -7.25. The van der Waals surface area contributed by atoms with Crippen LogP contribution in [0.15, 0.2) is 6.07 Å². The number of benzene rings is 1. The van der Waals surface area contributed by atoms with Crippen molar-refractivity contribution in [3.63, 3.8) is 0 Å². The molecule has 1 heterocycles. The molecule has 0 aliphatic carbocycles. The van der Waals surface area contributed by atoms with E-state index in [1.165, 1.54) is 27.0 Å². The number of Topliss-reactive ketones (excluding diaryl/α,β-unsaturated/α-hetero) is 1. The summed E-state index contributed by atoms with van der Waals surface area (Å²) in [6.45, 7) is 2.16. The van der Waals surface area contributed by atoms with E-state index in [1.807, 2.05) is 0 Å². The van der Waals surface area contributed by atoms with Crippen molar-refractivity contribution in [2.45, 2.75) is 44.6 Å². The van der Waals surface area contributed by atoms with Gasteiger partial charge in [0.15, 0.2) is 5.78 Å². The number of ketones is 1. The van der Waals surface area contributed by atoms with Gasteiger partial charge in [-0.3, -0.25) is 4.79 Å². The number of hydrogen-bond donors (Lipinski definition) is 5. The molecule has 1 aliphatic rings. The number of aromatic hydroxyl groups is 1. The second-order valence-corrected chi connectivity index (χ2v) is 5.80. The highest BCUT2D eigenvalue weighted by Gasteiger charge is 2.45. The van der Waals surface area contributed by atoms with E-state index in [0.29, 0.717) is 0 Å². The molecule has 5 N–H and O–H groups in total. The Morgan fingerprint density at radius 2 is 1.84 bits per heavy atom. The molecular weight excluding hydrogens is 336 g/mol. The third-order valence-electron chi connectivity index (χ3n) is 4.13. The van der Waals surface area contributed by atoms with Crippen molar-refractivity contribution in [1.82, 2.24) is 0 Å². The third-order valence-corrected chi connectivity index (χ3v) is 4.13. The first-order chi connectivity index (χ1) is 11.7. The van der Waals surface area contributed by atoms with Crippen LogP contribution in [0.25, 0.3) is 0 Å². The summed E-state index contributed by atoms with van der Waals surface area (Å²) in [5, 5.41) is 49.0. The quantitative estimate of drug-likeness (QED) is 0.422. The van der Waals surface area contributed by atoms with Crippen LogP contribution in [0, 0.1) is 6.92 Å². The van der Waals surface area contributed by atoms with Gasteiger partial charge in [-0.1, -0.05) is 0 Å². The highest BCUT2D eigenvalue weighted by molar-refractivity contribution is 6.00. The Balaban J connectivity index is 2.36. The maximum absolute atomic E-state index is 11.7. The molecule has 0 amide bonds. The average molecular weight is 358 g/mol. The zero-order chi connectivity index (χ0) is 18.9. The molecule has 0 spiro atoms. The van der Waals surface area contributed by atoms with Crippen LogP contribution in [0.2, 0.25) is 0 Å². The van der Waals surface area contributed by atoms with Gasteiger partial charge in [-0.25, -0.2) is 0 Å². The number of ether oxygens (including phenoxy) is 3. The van der Waals surface area contributed by atoms with E-state index in [2.05, 4.69) is 0 Å². The highest BCUT2D eigenvalue weighted by Crippen LogP contribution is 2.39. The van der Waals surface area contributed by atoms with Gasteiger partial charge >= 0.3 is 0 Å². The van der Waals surface area contributed by atoms with Gasteiger partial charge in [0.2, 0.25) is 6.29 Å². The number of phenolic OH excluding ortho intramolecular Hbond substituents is 1. The van der Waals surface area contributed by atoms with Crippen molar-refractivity contribution >= 4 is 5.78 Å². The van der Waals surface area contributed by atoms with Crippen molar-refractivity contribution in [3.05, 3.63) is 17.2 Å². The molecule has 1 saturated heterocycles. The standard InChI is InChI=1S/C16H22O9/c1-6-8(4-9(23-3)11(7(2)18)12(6)19)24-16-15(22)14(21)13(20)10(5-17)25-16/h4,10,13-17,19-22H,5H2,1-3H3/t10-,13-,14+,15-,16-/m1/s1. The lowest BCUT2D eigenvalue weighted by molar-refractivity contribution is -0.277. The molecule has 1 aliphatic heterocycles. The number of carbonyl (C=O) groups is 1. The fourth-order valence-corrected chi connectivity index (χ4v) is 2.63. The zero-order valence-electron chi connectivity index (χ0n) is 14.0. The molecule has 0 unspecified atom stereocenters. The van der Waals surface area contributed by atoms with Crippen LogP contribution in [-0.2, 0) is 4.74 Å². The van der Waals surface area contributed by atoms with E-state index >= 15 is 0 Å². The number of phenols is 1. The second kappa shape index (κ2) is 7.54. The SMILES string of the molecule is COc1cc(O[C@@H]2O[C@H](CO)[C@@H](O)[C@H](O)[C@H]2O)c(C)c(O)c1C(C)=O.